The molecular weight excluding hydrogens is 300 g/mol. The summed E-state index contributed by atoms with van der Waals surface area (Å²) in [6.07, 6.45) is 1.45. The average molecular weight is 323 g/mol. The zero-order chi connectivity index (χ0) is 15.6. The molecule has 2 aliphatic heterocycles. The van der Waals surface area contributed by atoms with Gasteiger partial charge in [0, 0.05) is 43.9 Å². The first kappa shape index (κ1) is 15.8. The van der Waals surface area contributed by atoms with Crippen LogP contribution in [0.15, 0.2) is 24.3 Å². The first-order valence-electron chi connectivity index (χ1n) is 7.98. The topological polar surface area (TPSA) is 41.6 Å². The number of nitrogens with zero attached hydrogens (tertiary/aromatic N) is 1. The molecule has 2 saturated heterocycles. The van der Waals surface area contributed by atoms with Crippen molar-refractivity contribution in [3.05, 3.63) is 34.9 Å². The number of carbonyl (C=O) groups excluding carboxylic acids is 1. The number of carbonyl (C=O) groups is 1. The number of nitrogens with one attached hydrogen (secondary N) is 1. The van der Waals surface area contributed by atoms with Gasteiger partial charge in [0.25, 0.3) is 0 Å². The highest BCUT2D eigenvalue weighted by molar-refractivity contribution is 6.30. The van der Waals surface area contributed by atoms with Gasteiger partial charge in [-0.3, -0.25) is 4.79 Å². The Morgan fingerprint density at radius 3 is 2.86 bits per heavy atom. The summed E-state index contributed by atoms with van der Waals surface area (Å²) in [5.41, 5.74) is 0.541. The molecule has 2 fully saturated rings. The molecule has 2 aliphatic rings. The highest BCUT2D eigenvalue weighted by Crippen LogP contribution is 2.38. The highest BCUT2D eigenvalue weighted by Gasteiger charge is 2.44. The molecule has 0 bridgehead atoms. The van der Waals surface area contributed by atoms with Gasteiger partial charge in [0.05, 0.1) is 5.41 Å². The Morgan fingerprint density at radius 1 is 1.41 bits per heavy atom. The van der Waals surface area contributed by atoms with Crippen LogP contribution in [0.1, 0.15) is 25.3 Å². The Balaban J connectivity index is 1.93. The second-order valence-electron chi connectivity index (χ2n) is 6.31. The second-order valence-corrected chi connectivity index (χ2v) is 6.75. The third-order valence-electron chi connectivity index (χ3n) is 4.79. The molecule has 3 rings (SSSR count). The summed E-state index contributed by atoms with van der Waals surface area (Å²) in [6, 6.07) is 8.10. The molecular formula is C17H23ClN2O2. The van der Waals surface area contributed by atoms with Crippen molar-refractivity contribution < 1.29 is 9.53 Å². The summed E-state index contributed by atoms with van der Waals surface area (Å²) >= 11 is 6.17. The fourth-order valence-corrected chi connectivity index (χ4v) is 3.74. The SMILES string of the molecule is C[C@@H]1CN(C(=O)C2(c3cccc(Cl)c3)CCOCC2)CCN1. The summed E-state index contributed by atoms with van der Waals surface area (Å²) in [7, 11) is 0. The Morgan fingerprint density at radius 2 is 2.18 bits per heavy atom. The van der Waals surface area contributed by atoms with E-state index >= 15 is 0 Å². The van der Waals surface area contributed by atoms with Crippen molar-refractivity contribution >= 4 is 17.5 Å². The van der Waals surface area contributed by atoms with E-state index in [1.165, 1.54) is 0 Å². The maximum absolute atomic E-state index is 13.3. The molecule has 120 valence electrons. The number of rotatable bonds is 2. The van der Waals surface area contributed by atoms with Gasteiger partial charge in [-0.1, -0.05) is 23.7 Å². The van der Waals surface area contributed by atoms with Crippen molar-refractivity contribution in [3.63, 3.8) is 0 Å². The molecule has 2 heterocycles. The van der Waals surface area contributed by atoms with E-state index in [9.17, 15) is 4.79 Å². The number of ether oxygens (including phenoxy) is 1. The summed E-state index contributed by atoms with van der Waals surface area (Å²) in [6.45, 7) is 5.76. The maximum atomic E-state index is 13.3. The molecule has 4 nitrogen and oxygen atoms in total. The van der Waals surface area contributed by atoms with Gasteiger partial charge in [0.2, 0.25) is 5.91 Å². The quantitative estimate of drug-likeness (QED) is 0.907. The largest absolute Gasteiger partial charge is 0.381 e. The van der Waals surface area contributed by atoms with Crippen molar-refractivity contribution in [1.82, 2.24) is 10.2 Å². The molecule has 1 amide bonds. The molecule has 0 radical (unpaired) electrons. The predicted octanol–water partition coefficient (Wildman–Crippen LogP) is 2.21. The highest BCUT2D eigenvalue weighted by atomic mass is 35.5. The minimum atomic E-state index is -0.486. The lowest BCUT2D eigenvalue weighted by Gasteiger charge is -2.42. The monoisotopic (exact) mass is 322 g/mol. The van der Waals surface area contributed by atoms with E-state index in [1.54, 1.807) is 0 Å². The van der Waals surface area contributed by atoms with E-state index in [-0.39, 0.29) is 5.91 Å². The van der Waals surface area contributed by atoms with Crippen LogP contribution in [-0.4, -0.2) is 49.7 Å². The van der Waals surface area contributed by atoms with Crippen LogP contribution in [0.3, 0.4) is 0 Å². The fraction of sp³-hybridized carbons (Fsp3) is 0.588. The molecule has 0 saturated carbocycles. The van der Waals surface area contributed by atoms with Gasteiger partial charge < -0.3 is 15.0 Å². The molecule has 5 heteroatoms. The van der Waals surface area contributed by atoms with E-state index in [4.69, 9.17) is 16.3 Å². The van der Waals surface area contributed by atoms with Gasteiger partial charge in [-0.2, -0.15) is 0 Å². The van der Waals surface area contributed by atoms with E-state index in [0.29, 0.717) is 24.3 Å². The van der Waals surface area contributed by atoms with Crippen molar-refractivity contribution in [1.29, 1.82) is 0 Å². The molecule has 22 heavy (non-hydrogen) atoms. The Labute approximate surface area is 136 Å². The summed E-state index contributed by atoms with van der Waals surface area (Å²) in [5, 5.41) is 4.08. The summed E-state index contributed by atoms with van der Waals surface area (Å²) in [5.74, 6) is 0.228. The normalized spacial score (nSPS) is 25.0. The van der Waals surface area contributed by atoms with Crippen LogP contribution < -0.4 is 5.32 Å². The summed E-state index contributed by atoms with van der Waals surface area (Å²) < 4.78 is 5.52. The molecule has 1 aromatic carbocycles. The van der Waals surface area contributed by atoms with Crippen LogP contribution in [0, 0.1) is 0 Å². The lowest BCUT2D eigenvalue weighted by atomic mass is 9.73. The first-order chi connectivity index (χ1) is 10.6. The molecule has 0 aliphatic carbocycles. The average Bonchev–Trinajstić information content (AvgIpc) is 2.55. The molecule has 0 unspecified atom stereocenters. The van der Waals surface area contributed by atoms with Crippen molar-refractivity contribution in [3.8, 4) is 0 Å². The zero-order valence-electron chi connectivity index (χ0n) is 13.0. The van der Waals surface area contributed by atoms with E-state index < -0.39 is 5.41 Å². The maximum Gasteiger partial charge on any atom is 0.233 e. The van der Waals surface area contributed by atoms with Crippen LogP contribution in [0.2, 0.25) is 5.02 Å². The van der Waals surface area contributed by atoms with Gasteiger partial charge in [-0.15, -0.1) is 0 Å². The molecule has 0 spiro atoms. The summed E-state index contributed by atoms with van der Waals surface area (Å²) in [4.78, 5) is 15.3. The second kappa shape index (κ2) is 6.57. The number of hydrogen-bond donors (Lipinski definition) is 1. The van der Waals surface area contributed by atoms with Crippen LogP contribution in [0.4, 0.5) is 0 Å². The lowest BCUT2D eigenvalue weighted by molar-refractivity contribution is -0.142. The number of hydrogen-bond acceptors (Lipinski definition) is 3. The molecule has 1 atom stereocenters. The number of amides is 1. The standard InChI is InChI=1S/C17H23ClN2O2/c1-13-12-20(8-7-19-13)16(21)17(5-9-22-10-6-17)14-3-2-4-15(18)11-14/h2-4,11,13,19H,5-10,12H2,1H3/t13-/m1/s1. The van der Waals surface area contributed by atoms with Crippen LogP contribution in [0.5, 0.6) is 0 Å². The minimum absolute atomic E-state index is 0.228. The van der Waals surface area contributed by atoms with Crippen LogP contribution in [0.25, 0.3) is 0 Å². The zero-order valence-corrected chi connectivity index (χ0v) is 13.7. The van der Waals surface area contributed by atoms with E-state index in [1.807, 2.05) is 29.2 Å². The number of piperazine rings is 1. The van der Waals surface area contributed by atoms with Gasteiger partial charge in [0.15, 0.2) is 0 Å². The van der Waals surface area contributed by atoms with E-state index in [0.717, 1.165) is 38.0 Å². The fourth-order valence-electron chi connectivity index (χ4n) is 3.55. The van der Waals surface area contributed by atoms with Crippen molar-refractivity contribution in [2.45, 2.75) is 31.2 Å². The van der Waals surface area contributed by atoms with Gasteiger partial charge >= 0.3 is 0 Å². The number of benzene rings is 1. The van der Waals surface area contributed by atoms with E-state index in [2.05, 4.69) is 12.2 Å². The Bertz CT molecular complexity index is 543. The lowest BCUT2D eigenvalue weighted by Crippen LogP contribution is -2.57. The predicted molar refractivity (Wildman–Crippen MR) is 87.2 cm³/mol. The van der Waals surface area contributed by atoms with Gasteiger partial charge in [-0.05, 0) is 37.5 Å². The van der Waals surface area contributed by atoms with Gasteiger partial charge in [0.1, 0.15) is 0 Å². The Kier molecular flexibility index (Phi) is 4.71. The third-order valence-corrected chi connectivity index (χ3v) is 5.02. The molecule has 1 aromatic rings. The minimum Gasteiger partial charge on any atom is -0.381 e. The van der Waals surface area contributed by atoms with Crippen molar-refractivity contribution in [2.24, 2.45) is 0 Å². The third kappa shape index (κ3) is 3.00. The van der Waals surface area contributed by atoms with Crippen LogP contribution in [-0.2, 0) is 14.9 Å². The van der Waals surface area contributed by atoms with Gasteiger partial charge in [-0.25, -0.2) is 0 Å². The molecule has 1 N–H and O–H groups in total. The molecule has 0 aromatic heterocycles. The Hall–Kier alpha value is -1.10. The van der Waals surface area contributed by atoms with Crippen molar-refractivity contribution in [2.75, 3.05) is 32.8 Å². The van der Waals surface area contributed by atoms with Crippen LogP contribution >= 0.6 is 11.6 Å². The smallest absolute Gasteiger partial charge is 0.233 e. The number of halogens is 1. The first-order valence-corrected chi connectivity index (χ1v) is 8.36.